The summed E-state index contributed by atoms with van der Waals surface area (Å²) in [5.74, 6) is 1.70. The molecule has 1 saturated carbocycles. The summed E-state index contributed by atoms with van der Waals surface area (Å²) in [6.45, 7) is 0.569. The molecule has 0 unspecified atom stereocenters. The number of nitrogens with zero attached hydrogens (tertiary/aromatic N) is 3. The minimum absolute atomic E-state index is 0.0661. The number of carbonyl (C=O) groups excluding carboxylic acids is 1. The minimum atomic E-state index is -4.34. The molecule has 0 saturated heterocycles. The zero-order valence-corrected chi connectivity index (χ0v) is 21.1. The van der Waals surface area contributed by atoms with Crippen LogP contribution in [0.3, 0.4) is 0 Å². The van der Waals surface area contributed by atoms with Crippen molar-refractivity contribution in [1.82, 2.24) is 15.3 Å². The summed E-state index contributed by atoms with van der Waals surface area (Å²) in [6, 6.07) is 14.3. The van der Waals surface area contributed by atoms with Crippen molar-refractivity contribution in [3.05, 3.63) is 54.1 Å². The molecule has 1 heterocycles. The average Bonchev–Trinajstić information content (AvgIpc) is 2.82. The summed E-state index contributed by atoms with van der Waals surface area (Å²) in [5.41, 5.74) is -2.87. The van der Waals surface area contributed by atoms with Gasteiger partial charge in [0.1, 0.15) is 5.82 Å². The molecule has 1 amide bonds. The molecular weight excluding hydrogens is 487 g/mol. The van der Waals surface area contributed by atoms with Gasteiger partial charge in [0.2, 0.25) is 11.9 Å². The molecule has 1 aromatic heterocycles. The highest BCUT2D eigenvalue weighted by Crippen LogP contribution is 2.37. The van der Waals surface area contributed by atoms with E-state index in [1.54, 1.807) is 12.1 Å². The SMILES string of the molecule is CN(C)c1nc(N[C@H]2CC[C@@H](CNC(=O)Cc3cccc(SC(F)(F)F)c3)CC2)nc2ccccc12. The molecule has 0 atom stereocenters. The van der Waals surface area contributed by atoms with Crippen molar-refractivity contribution in [1.29, 1.82) is 0 Å². The number of carbonyl (C=O) groups is 1. The molecule has 0 bridgehead atoms. The van der Waals surface area contributed by atoms with Crippen LogP contribution in [0.4, 0.5) is 24.9 Å². The van der Waals surface area contributed by atoms with Crippen LogP contribution in [0.5, 0.6) is 0 Å². The number of anilines is 2. The van der Waals surface area contributed by atoms with Crippen LogP contribution in [0.25, 0.3) is 10.9 Å². The van der Waals surface area contributed by atoms with E-state index in [2.05, 4.69) is 15.6 Å². The predicted molar refractivity (Wildman–Crippen MR) is 138 cm³/mol. The van der Waals surface area contributed by atoms with Crippen molar-refractivity contribution in [3.8, 4) is 0 Å². The maximum Gasteiger partial charge on any atom is 0.446 e. The first kappa shape index (κ1) is 26.1. The zero-order valence-electron chi connectivity index (χ0n) is 20.3. The van der Waals surface area contributed by atoms with E-state index < -0.39 is 5.51 Å². The van der Waals surface area contributed by atoms with Gasteiger partial charge in [-0.25, -0.2) is 4.98 Å². The fourth-order valence-electron chi connectivity index (χ4n) is 4.52. The van der Waals surface area contributed by atoms with E-state index in [0.29, 0.717) is 24.0 Å². The topological polar surface area (TPSA) is 70.2 Å². The Morgan fingerprint density at radius 1 is 1.06 bits per heavy atom. The van der Waals surface area contributed by atoms with Gasteiger partial charge >= 0.3 is 5.51 Å². The van der Waals surface area contributed by atoms with Crippen LogP contribution >= 0.6 is 11.8 Å². The number of amides is 1. The smallest absolute Gasteiger partial charge is 0.362 e. The van der Waals surface area contributed by atoms with Gasteiger partial charge in [0.25, 0.3) is 0 Å². The number of halogens is 3. The molecule has 0 spiro atoms. The molecule has 6 nitrogen and oxygen atoms in total. The third-order valence-electron chi connectivity index (χ3n) is 6.27. The Morgan fingerprint density at radius 3 is 2.53 bits per heavy atom. The molecule has 1 aliphatic rings. The number of alkyl halides is 3. The number of fused-ring (bicyclic) bond motifs is 1. The van der Waals surface area contributed by atoms with Crippen LogP contribution in [0.2, 0.25) is 0 Å². The van der Waals surface area contributed by atoms with Gasteiger partial charge in [0.15, 0.2) is 0 Å². The van der Waals surface area contributed by atoms with Crippen molar-refractivity contribution in [3.63, 3.8) is 0 Å². The number of thioether (sulfide) groups is 1. The molecular formula is C26H30F3N5OS. The van der Waals surface area contributed by atoms with E-state index in [-0.39, 0.29) is 35.0 Å². The lowest BCUT2D eigenvalue weighted by Gasteiger charge is -2.29. The molecule has 4 rings (SSSR count). The van der Waals surface area contributed by atoms with E-state index in [9.17, 15) is 18.0 Å². The highest BCUT2D eigenvalue weighted by molar-refractivity contribution is 8.00. The van der Waals surface area contributed by atoms with Gasteiger partial charge in [-0.2, -0.15) is 18.2 Å². The fourth-order valence-corrected chi connectivity index (χ4v) is 5.14. The predicted octanol–water partition coefficient (Wildman–Crippen LogP) is 5.64. The molecule has 36 heavy (non-hydrogen) atoms. The Balaban J connectivity index is 1.25. The van der Waals surface area contributed by atoms with Crippen molar-refractivity contribution in [2.75, 3.05) is 30.9 Å². The van der Waals surface area contributed by atoms with Gasteiger partial charge < -0.3 is 15.5 Å². The molecule has 10 heteroatoms. The van der Waals surface area contributed by atoms with Crippen LogP contribution in [0.15, 0.2) is 53.4 Å². The number of aromatic nitrogens is 2. The zero-order chi connectivity index (χ0) is 25.7. The highest BCUT2D eigenvalue weighted by Gasteiger charge is 2.29. The van der Waals surface area contributed by atoms with Crippen LogP contribution in [-0.4, -0.2) is 48.1 Å². The van der Waals surface area contributed by atoms with Gasteiger partial charge in [-0.05, 0) is 73.2 Å². The van der Waals surface area contributed by atoms with E-state index in [0.717, 1.165) is 42.4 Å². The fraction of sp³-hybridized carbons (Fsp3) is 0.423. The Kier molecular flexibility index (Phi) is 8.23. The van der Waals surface area contributed by atoms with Gasteiger partial charge in [-0.3, -0.25) is 4.79 Å². The summed E-state index contributed by atoms with van der Waals surface area (Å²) in [5, 5.41) is 7.46. The lowest BCUT2D eigenvalue weighted by Crippen LogP contribution is -2.34. The molecule has 1 fully saturated rings. The Hall–Kier alpha value is -3.01. The normalized spacial score (nSPS) is 18.1. The van der Waals surface area contributed by atoms with Crippen molar-refractivity contribution >= 4 is 40.3 Å². The number of rotatable bonds is 8. The lowest BCUT2D eigenvalue weighted by atomic mass is 9.86. The van der Waals surface area contributed by atoms with Gasteiger partial charge in [0.05, 0.1) is 11.9 Å². The van der Waals surface area contributed by atoms with Gasteiger partial charge in [-0.1, -0.05) is 24.3 Å². The summed E-state index contributed by atoms with van der Waals surface area (Å²) < 4.78 is 37.8. The van der Waals surface area contributed by atoms with E-state index in [1.165, 1.54) is 12.1 Å². The average molecular weight is 518 g/mol. The summed E-state index contributed by atoms with van der Waals surface area (Å²) >= 11 is -0.168. The highest BCUT2D eigenvalue weighted by atomic mass is 32.2. The van der Waals surface area contributed by atoms with Gasteiger partial charge in [-0.15, -0.1) is 0 Å². The standard InChI is InChI=1S/C26H30F3N5OS/c1-34(2)24-21-8-3-4-9-22(21)32-25(33-24)31-19-12-10-17(11-13-19)16-30-23(35)15-18-6-5-7-20(14-18)36-26(27,28)29/h3-9,14,17,19H,10-13,15-16H2,1-2H3,(H,30,35)(H,31,32,33)/t17-,19+. The first-order valence-electron chi connectivity index (χ1n) is 12.0. The van der Waals surface area contributed by atoms with Gasteiger partial charge in [0, 0.05) is 37.0 Å². The number of hydrogen-bond acceptors (Lipinski definition) is 6. The summed E-state index contributed by atoms with van der Waals surface area (Å²) in [6.07, 6.45) is 3.89. The second-order valence-corrected chi connectivity index (χ2v) is 10.5. The van der Waals surface area contributed by atoms with E-state index >= 15 is 0 Å². The van der Waals surface area contributed by atoms with Crippen LogP contribution in [0, 0.1) is 5.92 Å². The van der Waals surface area contributed by atoms with E-state index in [4.69, 9.17) is 4.98 Å². The number of hydrogen-bond donors (Lipinski definition) is 2. The van der Waals surface area contributed by atoms with E-state index in [1.807, 2.05) is 43.3 Å². The van der Waals surface area contributed by atoms with Crippen molar-refractivity contribution < 1.29 is 18.0 Å². The largest absolute Gasteiger partial charge is 0.446 e. The summed E-state index contributed by atoms with van der Waals surface area (Å²) in [4.78, 5) is 23.9. The van der Waals surface area contributed by atoms with Crippen LogP contribution in [0.1, 0.15) is 31.2 Å². The monoisotopic (exact) mass is 517 g/mol. The van der Waals surface area contributed by atoms with Crippen LogP contribution in [-0.2, 0) is 11.2 Å². The minimum Gasteiger partial charge on any atom is -0.362 e. The Morgan fingerprint density at radius 2 is 1.81 bits per heavy atom. The molecule has 2 N–H and O–H groups in total. The Labute approximate surface area is 213 Å². The molecule has 2 aromatic carbocycles. The maximum absolute atomic E-state index is 12.6. The first-order chi connectivity index (χ1) is 17.2. The first-order valence-corrected chi connectivity index (χ1v) is 12.8. The summed E-state index contributed by atoms with van der Waals surface area (Å²) in [7, 11) is 3.94. The quantitative estimate of drug-likeness (QED) is 0.377. The third kappa shape index (κ3) is 7.25. The molecule has 1 aliphatic carbocycles. The number of nitrogens with one attached hydrogen (secondary N) is 2. The molecule has 0 radical (unpaired) electrons. The molecule has 0 aliphatic heterocycles. The lowest BCUT2D eigenvalue weighted by molar-refractivity contribution is -0.120. The third-order valence-corrected chi connectivity index (χ3v) is 6.99. The number of benzene rings is 2. The second-order valence-electron chi connectivity index (χ2n) is 9.32. The molecule has 3 aromatic rings. The second kappa shape index (κ2) is 11.4. The number of para-hydroxylation sites is 1. The Bertz CT molecular complexity index is 1200. The van der Waals surface area contributed by atoms with Crippen molar-refractivity contribution in [2.24, 2.45) is 5.92 Å². The van der Waals surface area contributed by atoms with Crippen molar-refractivity contribution in [2.45, 2.75) is 48.5 Å². The molecule has 192 valence electrons. The van der Waals surface area contributed by atoms with Crippen LogP contribution < -0.4 is 15.5 Å². The maximum atomic E-state index is 12.6.